The molecule has 0 aliphatic rings. The van der Waals surface area contributed by atoms with Gasteiger partial charge in [-0.3, -0.25) is 10.1 Å². The van der Waals surface area contributed by atoms with Crippen molar-refractivity contribution in [2.45, 2.75) is 12.2 Å². The number of fused-ring (bicyclic) bond motifs is 1. The number of hydrogen-bond donors (Lipinski definition) is 4. The molecule has 0 fully saturated rings. The number of para-hydroxylation sites is 2. The van der Waals surface area contributed by atoms with Crippen molar-refractivity contribution in [3.8, 4) is 5.75 Å². The molecule has 0 saturated heterocycles. The maximum absolute atomic E-state index is 13.1. The highest BCUT2D eigenvalue weighted by Crippen LogP contribution is 2.29. The number of methoxy groups -OCH3 is 1. The summed E-state index contributed by atoms with van der Waals surface area (Å²) in [6.07, 6.45) is 0.386. The van der Waals surface area contributed by atoms with Crippen molar-refractivity contribution >= 4 is 39.8 Å². The molecule has 2 amide bonds. The Morgan fingerprint density at radius 2 is 1.60 bits per heavy atom. The Kier molecular flexibility index (Phi) is 9.71. The Morgan fingerprint density at radius 3 is 2.35 bits per heavy atom. The first-order chi connectivity index (χ1) is 19.5. The molecule has 0 unspecified atom stereocenters. The highest BCUT2D eigenvalue weighted by Gasteiger charge is 2.26. The van der Waals surface area contributed by atoms with Crippen LogP contribution in [0.25, 0.3) is 10.8 Å². The fourth-order valence-corrected chi connectivity index (χ4v) is 4.10. The molecule has 0 bridgehead atoms. The summed E-state index contributed by atoms with van der Waals surface area (Å²) >= 11 is 0. The average molecular weight is 542 g/mol. The summed E-state index contributed by atoms with van der Waals surface area (Å²) in [5.41, 5.74) is 8.03. The average Bonchev–Trinajstić information content (AvgIpc) is 2.97. The zero-order valence-electron chi connectivity index (χ0n) is 21.9. The second-order valence-electron chi connectivity index (χ2n) is 8.75. The Balaban J connectivity index is 1.56. The molecule has 2 atom stereocenters. The maximum Gasteiger partial charge on any atom is 0.412 e. The normalized spacial score (nSPS) is 12.6. The first-order valence-electron chi connectivity index (χ1n) is 12.6. The number of hydrogen-bond acceptors (Lipinski definition) is 7. The second kappa shape index (κ2) is 13.8. The number of benzene rings is 4. The third kappa shape index (κ3) is 7.37. The van der Waals surface area contributed by atoms with Crippen molar-refractivity contribution in [3.63, 3.8) is 0 Å². The fraction of sp³-hybridized carbons (Fsp3) is 0.161. The Hall–Kier alpha value is -4.86. The molecule has 9 nitrogen and oxygen atoms in total. The number of rotatable bonds is 11. The molecule has 0 aliphatic heterocycles. The van der Waals surface area contributed by atoms with Crippen LogP contribution in [-0.4, -0.2) is 43.5 Å². The summed E-state index contributed by atoms with van der Waals surface area (Å²) in [5, 5.41) is 16.4. The number of nitrogen functional groups attached to an aromatic ring is 1. The van der Waals surface area contributed by atoms with Crippen LogP contribution in [0.2, 0.25) is 0 Å². The molecular weight excluding hydrogens is 510 g/mol. The van der Waals surface area contributed by atoms with Gasteiger partial charge in [0.15, 0.2) is 6.10 Å². The van der Waals surface area contributed by atoms with E-state index in [-0.39, 0.29) is 13.2 Å². The third-order valence-electron chi connectivity index (χ3n) is 6.06. The quantitative estimate of drug-likeness (QED) is 0.150. The lowest BCUT2D eigenvalue weighted by atomic mass is 10.0. The van der Waals surface area contributed by atoms with Crippen molar-refractivity contribution in [2.75, 3.05) is 36.7 Å². The van der Waals surface area contributed by atoms with Crippen molar-refractivity contribution in [1.82, 2.24) is 0 Å². The molecule has 0 saturated carbocycles. The number of aliphatic hydroxyl groups is 1. The molecule has 4 aromatic rings. The van der Waals surface area contributed by atoms with Gasteiger partial charge < -0.3 is 30.4 Å². The highest BCUT2D eigenvalue weighted by molar-refractivity contribution is 6.01. The maximum atomic E-state index is 13.1. The van der Waals surface area contributed by atoms with E-state index in [4.69, 9.17) is 25.1 Å². The molecule has 206 valence electrons. The standard InChI is InChI=1S/C31H31N3O6/c1-38-28(17-18-29(36)33-27-11-5-4-10-25(27)32)30(22-13-15-23(16-14-22)39-20-19-35)40-31(37)34-26-12-6-8-21-7-2-3-9-24(21)26/h2-18,28,30,35H,19-20,32H2,1H3,(H,33,36)(H,34,37)/b18-17+/t28-,30-/m0/s1. The molecule has 5 N–H and O–H groups in total. The minimum absolute atomic E-state index is 0.116. The highest BCUT2D eigenvalue weighted by atomic mass is 16.6. The van der Waals surface area contributed by atoms with Crippen molar-refractivity contribution < 1.29 is 28.9 Å². The van der Waals surface area contributed by atoms with Gasteiger partial charge in [-0.1, -0.05) is 60.7 Å². The van der Waals surface area contributed by atoms with Gasteiger partial charge >= 0.3 is 6.09 Å². The molecule has 9 heteroatoms. The van der Waals surface area contributed by atoms with Crippen LogP contribution in [0.4, 0.5) is 21.9 Å². The minimum Gasteiger partial charge on any atom is -0.491 e. The minimum atomic E-state index is -0.919. The van der Waals surface area contributed by atoms with Crippen LogP contribution in [0, 0.1) is 0 Å². The Labute approximate surface area is 232 Å². The molecule has 0 spiro atoms. The molecule has 0 radical (unpaired) electrons. The number of ether oxygens (including phenoxy) is 3. The summed E-state index contributed by atoms with van der Waals surface area (Å²) in [7, 11) is 1.46. The van der Waals surface area contributed by atoms with Crippen molar-refractivity contribution in [2.24, 2.45) is 0 Å². The fourth-order valence-electron chi connectivity index (χ4n) is 4.10. The number of amides is 2. The summed E-state index contributed by atoms with van der Waals surface area (Å²) in [4.78, 5) is 25.7. The lowest BCUT2D eigenvalue weighted by molar-refractivity contribution is -0.112. The molecule has 40 heavy (non-hydrogen) atoms. The SMILES string of the molecule is CO[C@@H](/C=C/C(=O)Nc1ccccc1N)[C@@H](OC(=O)Nc1cccc2ccccc12)c1ccc(OCCO)cc1. The molecular formula is C31H31N3O6. The molecule has 4 aromatic carbocycles. The van der Waals surface area contributed by atoms with Gasteiger partial charge in [0.05, 0.1) is 23.7 Å². The van der Waals surface area contributed by atoms with E-state index >= 15 is 0 Å². The lowest BCUT2D eigenvalue weighted by Crippen LogP contribution is -2.27. The largest absolute Gasteiger partial charge is 0.491 e. The summed E-state index contributed by atoms with van der Waals surface area (Å²) in [6.45, 7) is 0.0340. The Morgan fingerprint density at radius 1 is 0.900 bits per heavy atom. The van der Waals surface area contributed by atoms with Crippen molar-refractivity contribution in [3.05, 3.63) is 109 Å². The van der Waals surface area contributed by atoms with E-state index in [1.54, 1.807) is 54.6 Å². The van der Waals surface area contributed by atoms with E-state index in [9.17, 15) is 9.59 Å². The van der Waals surface area contributed by atoms with Crippen LogP contribution in [0.15, 0.2) is 103 Å². The van der Waals surface area contributed by atoms with Crippen LogP contribution in [0.3, 0.4) is 0 Å². The van der Waals surface area contributed by atoms with Gasteiger partial charge in [-0.05, 0) is 47.4 Å². The number of nitrogens with one attached hydrogen (secondary N) is 2. The van der Waals surface area contributed by atoms with Gasteiger partial charge in [0.2, 0.25) is 5.91 Å². The molecule has 0 heterocycles. The van der Waals surface area contributed by atoms with E-state index in [0.717, 1.165) is 10.8 Å². The summed E-state index contributed by atoms with van der Waals surface area (Å²) in [6, 6.07) is 27.0. The van der Waals surface area contributed by atoms with Crippen LogP contribution >= 0.6 is 0 Å². The molecule has 0 aliphatic carbocycles. The van der Waals surface area contributed by atoms with E-state index < -0.39 is 24.2 Å². The number of anilines is 3. The van der Waals surface area contributed by atoms with Crippen molar-refractivity contribution in [1.29, 1.82) is 0 Å². The van der Waals surface area contributed by atoms with Gasteiger partial charge in [0.1, 0.15) is 18.5 Å². The molecule has 0 aromatic heterocycles. The first kappa shape index (κ1) is 28.2. The predicted octanol–water partition coefficient (Wildman–Crippen LogP) is 5.29. The molecule has 4 rings (SSSR count). The lowest BCUT2D eigenvalue weighted by Gasteiger charge is -2.25. The summed E-state index contributed by atoms with van der Waals surface area (Å²) < 4.78 is 17.0. The van der Waals surface area contributed by atoms with Crippen LogP contribution in [0.1, 0.15) is 11.7 Å². The first-order valence-corrected chi connectivity index (χ1v) is 12.6. The van der Waals surface area contributed by atoms with Crippen LogP contribution in [-0.2, 0) is 14.3 Å². The smallest absolute Gasteiger partial charge is 0.412 e. The van der Waals surface area contributed by atoms with Gasteiger partial charge in [0.25, 0.3) is 0 Å². The van der Waals surface area contributed by atoms with Gasteiger partial charge in [-0.2, -0.15) is 0 Å². The number of aliphatic hydroxyl groups excluding tert-OH is 1. The summed E-state index contributed by atoms with van der Waals surface area (Å²) in [5.74, 6) is 0.118. The van der Waals surface area contributed by atoms with Gasteiger partial charge in [-0.15, -0.1) is 0 Å². The Bertz CT molecular complexity index is 1470. The van der Waals surface area contributed by atoms with E-state index in [2.05, 4.69) is 10.6 Å². The van der Waals surface area contributed by atoms with E-state index in [0.29, 0.717) is 28.4 Å². The van der Waals surface area contributed by atoms with Crippen LogP contribution < -0.4 is 21.1 Å². The monoisotopic (exact) mass is 541 g/mol. The topological polar surface area (TPSA) is 132 Å². The second-order valence-corrected chi connectivity index (χ2v) is 8.75. The van der Waals surface area contributed by atoms with E-state index in [1.807, 2.05) is 36.4 Å². The zero-order chi connectivity index (χ0) is 28.3. The van der Waals surface area contributed by atoms with E-state index in [1.165, 1.54) is 19.3 Å². The predicted molar refractivity (Wildman–Crippen MR) is 155 cm³/mol. The number of carbonyl (C=O) groups is 2. The number of nitrogens with two attached hydrogens (primary N) is 1. The zero-order valence-corrected chi connectivity index (χ0v) is 21.9. The number of carbonyl (C=O) groups excluding carboxylic acids is 2. The third-order valence-corrected chi connectivity index (χ3v) is 6.06. The van der Waals surface area contributed by atoms with Gasteiger partial charge in [0, 0.05) is 18.6 Å². The van der Waals surface area contributed by atoms with Crippen LogP contribution in [0.5, 0.6) is 5.75 Å². The van der Waals surface area contributed by atoms with Gasteiger partial charge in [-0.25, -0.2) is 4.79 Å².